The number of hydrogen-bond donors (Lipinski definition) is 2. The van der Waals surface area contributed by atoms with Gasteiger partial charge in [0.1, 0.15) is 0 Å². The lowest BCUT2D eigenvalue weighted by Crippen LogP contribution is -2.46. The summed E-state index contributed by atoms with van der Waals surface area (Å²) < 4.78 is 5.40. The zero-order chi connectivity index (χ0) is 13.8. The summed E-state index contributed by atoms with van der Waals surface area (Å²) in [4.78, 5) is 12.2. The summed E-state index contributed by atoms with van der Waals surface area (Å²) in [6.45, 7) is 13.6. The second kappa shape index (κ2) is 6.53. The minimum atomic E-state index is -0.0482. The normalized spacial score (nSPS) is 24.6. The first-order valence-electron chi connectivity index (χ1n) is 6.97. The maximum Gasteiger partial charge on any atom is 0.227 e. The second-order valence-corrected chi connectivity index (χ2v) is 6.17. The number of carbonyl (C=O) groups excluding carboxylic acids is 1. The molecule has 106 valence electrons. The van der Waals surface area contributed by atoms with E-state index in [4.69, 9.17) is 4.74 Å². The molecule has 0 spiro atoms. The molecule has 1 rings (SSSR count). The van der Waals surface area contributed by atoms with Crippen LogP contribution in [-0.2, 0) is 9.53 Å². The first-order valence-corrected chi connectivity index (χ1v) is 6.97. The van der Waals surface area contributed by atoms with Gasteiger partial charge in [0.05, 0.1) is 19.1 Å². The van der Waals surface area contributed by atoms with Crippen LogP contribution in [0, 0.1) is 17.3 Å². The molecule has 0 radical (unpaired) electrons. The third kappa shape index (κ3) is 3.95. The third-order valence-electron chi connectivity index (χ3n) is 4.16. The van der Waals surface area contributed by atoms with Gasteiger partial charge in [0, 0.05) is 12.6 Å². The van der Waals surface area contributed by atoms with E-state index < -0.39 is 0 Å². The molecule has 0 aromatic carbocycles. The molecule has 0 saturated carbocycles. The van der Waals surface area contributed by atoms with E-state index in [0.29, 0.717) is 19.1 Å². The van der Waals surface area contributed by atoms with Crippen LogP contribution in [0.3, 0.4) is 0 Å². The van der Waals surface area contributed by atoms with Crippen molar-refractivity contribution in [2.75, 3.05) is 26.3 Å². The van der Waals surface area contributed by atoms with Gasteiger partial charge in [-0.05, 0) is 17.9 Å². The minimum absolute atomic E-state index is 0.0482. The number of hydrogen-bond acceptors (Lipinski definition) is 3. The predicted octanol–water partition coefficient (Wildman–Crippen LogP) is 1.41. The summed E-state index contributed by atoms with van der Waals surface area (Å²) >= 11 is 0. The first-order chi connectivity index (χ1) is 8.38. The largest absolute Gasteiger partial charge is 0.379 e. The highest BCUT2D eigenvalue weighted by Gasteiger charge is 2.34. The number of rotatable bonds is 6. The monoisotopic (exact) mass is 256 g/mol. The summed E-state index contributed by atoms with van der Waals surface area (Å²) in [5.74, 6) is 0.613. The van der Waals surface area contributed by atoms with E-state index >= 15 is 0 Å². The smallest absolute Gasteiger partial charge is 0.227 e. The lowest BCUT2D eigenvalue weighted by molar-refractivity contribution is -0.126. The Labute approximate surface area is 111 Å². The van der Waals surface area contributed by atoms with Crippen LogP contribution in [0.25, 0.3) is 0 Å². The van der Waals surface area contributed by atoms with Crippen LogP contribution in [0.2, 0.25) is 0 Å². The van der Waals surface area contributed by atoms with Crippen LogP contribution in [0.15, 0.2) is 0 Å². The van der Waals surface area contributed by atoms with Crippen molar-refractivity contribution in [1.82, 2.24) is 10.6 Å². The summed E-state index contributed by atoms with van der Waals surface area (Å²) in [5.41, 5.74) is 0.128. The Kier molecular flexibility index (Phi) is 5.60. The van der Waals surface area contributed by atoms with E-state index in [1.165, 1.54) is 0 Å². The third-order valence-corrected chi connectivity index (χ3v) is 4.16. The Bertz CT molecular complexity index is 277. The molecule has 0 aliphatic carbocycles. The Balaban J connectivity index is 2.45. The summed E-state index contributed by atoms with van der Waals surface area (Å²) in [5, 5.41) is 6.39. The number of carbonyl (C=O) groups is 1. The van der Waals surface area contributed by atoms with Gasteiger partial charge in [0.15, 0.2) is 0 Å². The minimum Gasteiger partial charge on any atom is -0.379 e. The summed E-state index contributed by atoms with van der Waals surface area (Å²) in [7, 11) is 0. The lowest BCUT2D eigenvalue weighted by atomic mass is 9.81. The highest BCUT2D eigenvalue weighted by Crippen LogP contribution is 2.25. The molecule has 2 unspecified atom stereocenters. The van der Waals surface area contributed by atoms with Gasteiger partial charge in [-0.2, -0.15) is 0 Å². The molecule has 1 aliphatic heterocycles. The van der Waals surface area contributed by atoms with Crippen molar-refractivity contribution < 1.29 is 9.53 Å². The number of ether oxygens (including phenoxy) is 1. The fourth-order valence-electron chi connectivity index (χ4n) is 1.93. The molecule has 18 heavy (non-hydrogen) atoms. The molecular weight excluding hydrogens is 228 g/mol. The maximum absolute atomic E-state index is 12.2. The fourth-order valence-corrected chi connectivity index (χ4v) is 1.93. The van der Waals surface area contributed by atoms with Gasteiger partial charge in [-0.3, -0.25) is 4.79 Å². The average Bonchev–Trinajstić information content (AvgIpc) is 2.74. The molecule has 1 fully saturated rings. The topological polar surface area (TPSA) is 50.4 Å². The Morgan fingerprint density at radius 3 is 2.61 bits per heavy atom. The molecule has 1 amide bonds. The van der Waals surface area contributed by atoms with Gasteiger partial charge in [0.25, 0.3) is 0 Å². The van der Waals surface area contributed by atoms with Crippen molar-refractivity contribution in [3.63, 3.8) is 0 Å². The van der Waals surface area contributed by atoms with E-state index in [-0.39, 0.29) is 23.3 Å². The lowest BCUT2D eigenvalue weighted by Gasteiger charge is -2.30. The molecule has 0 bridgehead atoms. The van der Waals surface area contributed by atoms with Crippen LogP contribution in [0.4, 0.5) is 0 Å². The van der Waals surface area contributed by atoms with Crippen molar-refractivity contribution in [2.45, 2.75) is 40.7 Å². The van der Waals surface area contributed by atoms with Gasteiger partial charge in [-0.25, -0.2) is 0 Å². The summed E-state index contributed by atoms with van der Waals surface area (Å²) in [6.07, 6.45) is 0. The van der Waals surface area contributed by atoms with Crippen molar-refractivity contribution in [3.8, 4) is 0 Å². The van der Waals surface area contributed by atoms with Gasteiger partial charge in [0.2, 0.25) is 5.91 Å². The highest BCUT2D eigenvalue weighted by atomic mass is 16.5. The van der Waals surface area contributed by atoms with Gasteiger partial charge < -0.3 is 15.4 Å². The molecule has 1 heterocycles. The molecule has 2 N–H and O–H groups in total. The van der Waals surface area contributed by atoms with Crippen molar-refractivity contribution in [2.24, 2.45) is 17.3 Å². The summed E-state index contributed by atoms with van der Waals surface area (Å²) in [6, 6.07) is 0.164. The van der Waals surface area contributed by atoms with E-state index in [1.54, 1.807) is 0 Å². The standard InChI is InChI=1S/C14H28N2O2/c1-6-15-12-8-18-7-11(12)13(17)16-9-14(4,5)10(2)3/h10-12,15H,6-9H2,1-5H3,(H,16,17). The van der Waals surface area contributed by atoms with Crippen LogP contribution in [-0.4, -0.2) is 38.3 Å². The van der Waals surface area contributed by atoms with Gasteiger partial charge >= 0.3 is 0 Å². The van der Waals surface area contributed by atoms with E-state index in [9.17, 15) is 4.79 Å². The van der Waals surface area contributed by atoms with Crippen LogP contribution >= 0.6 is 0 Å². The number of nitrogens with one attached hydrogen (secondary N) is 2. The van der Waals surface area contributed by atoms with Crippen LogP contribution in [0.1, 0.15) is 34.6 Å². The molecular formula is C14H28N2O2. The quantitative estimate of drug-likeness (QED) is 0.755. The molecule has 1 aliphatic rings. The molecule has 0 aromatic heterocycles. The molecule has 1 saturated heterocycles. The SMILES string of the molecule is CCNC1COCC1C(=O)NCC(C)(C)C(C)C. The second-order valence-electron chi connectivity index (χ2n) is 6.17. The zero-order valence-corrected chi connectivity index (χ0v) is 12.4. The molecule has 2 atom stereocenters. The highest BCUT2D eigenvalue weighted by molar-refractivity contribution is 5.79. The number of likely N-dealkylation sites (N-methyl/N-ethyl adjacent to an activating group) is 1. The zero-order valence-electron chi connectivity index (χ0n) is 12.4. The van der Waals surface area contributed by atoms with Gasteiger partial charge in [-0.1, -0.05) is 34.6 Å². The van der Waals surface area contributed by atoms with Crippen molar-refractivity contribution in [3.05, 3.63) is 0 Å². The van der Waals surface area contributed by atoms with Crippen molar-refractivity contribution in [1.29, 1.82) is 0 Å². The van der Waals surface area contributed by atoms with Crippen LogP contribution < -0.4 is 10.6 Å². The van der Waals surface area contributed by atoms with Crippen LogP contribution in [0.5, 0.6) is 0 Å². The average molecular weight is 256 g/mol. The Hall–Kier alpha value is -0.610. The number of amides is 1. The fraction of sp³-hybridized carbons (Fsp3) is 0.929. The first kappa shape index (κ1) is 15.4. The molecule has 4 nitrogen and oxygen atoms in total. The Morgan fingerprint density at radius 2 is 2.06 bits per heavy atom. The molecule has 4 heteroatoms. The maximum atomic E-state index is 12.2. The van der Waals surface area contributed by atoms with Gasteiger partial charge in [-0.15, -0.1) is 0 Å². The van der Waals surface area contributed by atoms with E-state index in [2.05, 4.69) is 45.3 Å². The van der Waals surface area contributed by atoms with Crippen molar-refractivity contribution >= 4 is 5.91 Å². The predicted molar refractivity (Wildman–Crippen MR) is 73.4 cm³/mol. The Morgan fingerprint density at radius 1 is 1.39 bits per heavy atom. The van der Waals surface area contributed by atoms with E-state index in [0.717, 1.165) is 13.1 Å². The van der Waals surface area contributed by atoms with E-state index in [1.807, 2.05) is 0 Å². The molecule has 0 aromatic rings.